The van der Waals surface area contributed by atoms with Crippen LogP contribution in [0.3, 0.4) is 0 Å². The predicted octanol–water partition coefficient (Wildman–Crippen LogP) is 3.09. The molecule has 0 spiro atoms. The molecule has 1 atom stereocenters. The van der Waals surface area contributed by atoms with Crippen molar-refractivity contribution < 1.29 is 14.1 Å². The molecule has 1 amide bonds. The average Bonchev–Trinajstić information content (AvgIpc) is 2.47. The fraction of sp³-hybridized carbons (Fsp3) is 0.235. The van der Waals surface area contributed by atoms with Crippen molar-refractivity contribution in [3.8, 4) is 0 Å². The molecule has 6 heteroatoms. The van der Waals surface area contributed by atoms with E-state index in [-0.39, 0.29) is 18.1 Å². The lowest BCUT2D eigenvalue weighted by Gasteiger charge is -2.15. The van der Waals surface area contributed by atoms with Crippen LogP contribution in [0.25, 0.3) is 0 Å². The van der Waals surface area contributed by atoms with Crippen LogP contribution in [0.4, 0.5) is 10.1 Å². The van der Waals surface area contributed by atoms with E-state index in [1.807, 2.05) is 19.2 Å². The van der Waals surface area contributed by atoms with Gasteiger partial charge in [0.2, 0.25) is 0 Å². The number of nitrogens with one attached hydrogen (secondary N) is 2. The van der Waals surface area contributed by atoms with E-state index in [1.165, 1.54) is 6.07 Å². The highest BCUT2D eigenvalue weighted by atomic mass is 35.5. The maximum Gasteiger partial charge on any atom is 0.279 e. The number of halogens is 3. The molecule has 0 fully saturated rings. The molecule has 23 heavy (non-hydrogen) atoms. The second-order valence-corrected chi connectivity index (χ2v) is 6.34. The van der Waals surface area contributed by atoms with Crippen LogP contribution < -0.4 is 10.2 Å². The lowest BCUT2D eigenvalue weighted by molar-refractivity contribution is -0.885. The molecule has 2 rings (SSSR count). The number of carbonyl (C=O) groups is 1. The Labute approximate surface area is 145 Å². The maximum atomic E-state index is 13.7. The zero-order chi connectivity index (χ0) is 17.0. The quantitative estimate of drug-likeness (QED) is 0.848. The highest BCUT2D eigenvalue weighted by Crippen LogP contribution is 2.24. The number of hydrogen-bond acceptors (Lipinski definition) is 1. The highest BCUT2D eigenvalue weighted by Gasteiger charge is 2.15. The maximum absolute atomic E-state index is 13.7. The van der Waals surface area contributed by atoms with Crippen LogP contribution in [-0.4, -0.2) is 19.5 Å². The van der Waals surface area contributed by atoms with E-state index in [2.05, 4.69) is 5.32 Å². The number of anilines is 1. The van der Waals surface area contributed by atoms with Gasteiger partial charge in [0.05, 0.1) is 22.8 Å². The number of hydrogen-bond donors (Lipinski definition) is 2. The topological polar surface area (TPSA) is 33.5 Å². The minimum Gasteiger partial charge on any atom is -0.326 e. The molecule has 1 unspecified atom stereocenters. The van der Waals surface area contributed by atoms with Crippen molar-refractivity contribution >= 4 is 34.8 Å². The Balaban J connectivity index is 1.95. The largest absolute Gasteiger partial charge is 0.326 e. The lowest BCUT2D eigenvalue weighted by Crippen LogP contribution is -3.08. The van der Waals surface area contributed by atoms with Gasteiger partial charge < -0.3 is 10.2 Å². The van der Waals surface area contributed by atoms with Gasteiger partial charge in [0, 0.05) is 5.56 Å². The van der Waals surface area contributed by atoms with Crippen molar-refractivity contribution in [2.24, 2.45) is 0 Å². The summed E-state index contributed by atoms with van der Waals surface area (Å²) in [5.74, 6) is -0.697. The van der Waals surface area contributed by atoms with E-state index >= 15 is 0 Å². The van der Waals surface area contributed by atoms with Crippen LogP contribution in [-0.2, 0) is 11.3 Å². The Morgan fingerprint density at radius 1 is 1.26 bits per heavy atom. The minimum atomic E-state index is -0.436. The fourth-order valence-electron chi connectivity index (χ4n) is 2.26. The first-order valence-corrected chi connectivity index (χ1v) is 7.92. The molecule has 0 radical (unpaired) electrons. The van der Waals surface area contributed by atoms with E-state index in [9.17, 15) is 9.18 Å². The number of quaternary nitrogens is 1. The average molecular weight is 356 g/mol. The summed E-state index contributed by atoms with van der Waals surface area (Å²) in [6.45, 7) is 2.53. The molecule has 0 saturated heterocycles. The summed E-state index contributed by atoms with van der Waals surface area (Å²) in [4.78, 5) is 13.0. The van der Waals surface area contributed by atoms with Crippen LogP contribution in [0.15, 0.2) is 36.4 Å². The van der Waals surface area contributed by atoms with E-state index < -0.39 is 5.82 Å². The van der Waals surface area contributed by atoms with Crippen molar-refractivity contribution in [1.29, 1.82) is 0 Å². The Kier molecular flexibility index (Phi) is 5.99. The Morgan fingerprint density at radius 3 is 2.70 bits per heavy atom. The van der Waals surface area contributed by atoms with Gasteiger partial charge in [-0.3, -0.25) is 4.79 Å². The van der Waals surface area contributed by atoms with Gasteiger partial charge in [0.15, 0.2) is 6.54 Å². The van der Waals surface area contributed by atoms with Gasteiger partial charge in [-0.15, -0.1) is 0 Å². The molecule has 0 aliphatic rings. The van der Waals surface area contributed by atoms with Gasteiger partial charge >= 0.3 is 0 Å². The lowest BCUT2D eigenvalue weighted by atomic mass is 10.2. The standard InChI is InChI=1S/C17H17Cl2FN2O/c1-11-6-7-15(14(20)8-11)21-16(23)10-22(2)9-12-4-3-5-13(18)17(12)19/h3-8H,9-10H2,1-2H3,(H,21,23)/p+1. The highest BCUT2D eigenvalue weighted by molar-refractivity contribution is 6.42. The molecule has 2 N–H and O–H groups in total. The smallest absolute Gasteiger partial charge is 0.279 e. The summed E-state index contributed by atoms with van der Waals surface area (Å²) in [5, 5.41) is 3.57. The minimum absolute atomic E-state index is 0.189. The molecule has 0 aliphatic heterocycles. The third kappa shape index (κ3) is 4.93. The molecular weight excluding hydrogens is 338 g/mol. The van der Waals surface area contributed by atoms with Crippen LogP contribution in [0.2, 0.25) is 10.0 Å². The molecule has 3 nitrogen and oxygen atoms in total. The Bertz CT molecular complexity index is 722. The van der Waals surface area contributed by atoms with E-state index in [4.69, 9.17) is 23.2 Å². The van der Waals surface area contributed by atoms with Gasteiger partial charge in [-0.2, -0.15) is 0 Å². The van der Waals surface area contributed by atoms with Crippen molar-refractivity contribution in [2.75, 3.05) is 18.9 Å². The number of aryl methyl sites for hydroxylation is 1. The molecule has 0 aliphatic carbocycles. The van der Waals surface area contributed by atoms with Crippen LogP contribution in [0, 0.1) is 12.7 Å². The Morgan fingerprint density at radius 2 is 2.00 bits per heavy atom. The molecule has 2 aromatic carbocycles. The monoisotopic (exact) mass is 355 g/mol. The first kappa shape index (κ1) is 17.7. The molecule has 0 saturated carbocycles. The summed E-state index contributed by atoms with van der Waals surface area (Å²) in [6.07, 6.45) is 0. The van der Waals surface area contributed by atoms with E-state index in [0.29, 0.717) is 16.6 Å². The zero-order valence-electron chi connectivity index (χ0n) is 12.9. The summed E-state index contributed by atoms with van der Waals surface area (Å²) < 4.78 is 13.7. The molecule has 0 bridgehead atoms. The molecule has 0 heterocycles. The van der Waals surface area contributed by atoms with Gasteiger partial charge in [-0.1, -0.05) is 41.4 Å². The number of carbonyl (C=O) groups excluding carboxylic acids is 1. The fourth-order valence-corrected chi connectivity index (χ4v) is 2.65. The molecular formula is C17H18Cl2FN2O+. The molecule has 122 valence electrons. The van der Waals surface area contributed by atoms with Crippen LogP contribution in [0.1, 0.15) is 11.1 Å². The number of benzene rings is 2. The van der Waals surface area contributed by atoms with Crippen molar-refractivity contribution in [1.82, 2.24) is 0 Å². The summed E-state index contributed by atoms with van der Waals surface area (Å²) in [5.41, 5.74) is 1.86. The normalized spacial score (nSPS) is 12.0. The predicted molar refractivity (Wildman–Crippen MR) is 91.7 cm³/mol. The number of likely N-dealkylation sites (N-methyl/N-ethyl adjacent to an activating group) is 1. The van der Waals surface area contributed by atoms with Crippen LogP contribution >= 0.6 is 23.2 Å². The van der Waals surface area contributed by atoms with Crippen molar-refractivity contribution in [3.05, 3.63) is 63.4 Å². The second kappa shape index (κ2) is 7.77. The molecule has 0 aromatic heterocycles. The van der Waals surface area contributed by atoms with Gasteiger partial charge in [-0.05, 0) is 30.7 Å². The van der Waals surface area contributed by atoms with Gasteiger partial charge in [-0.25, -0.2) is 4.39 Å². The van der Waals surface area contributed by atoms with Crippen molar-refractivity contribution in [2.45, 2.75) is 13.5 Å². The third-order valence-corrected chi connectivity index (χ3v) is 4.24. The van der Waals surface area contributed by atoms with Crippen LogP contribution in [0.5, 0.6) is 0 Å². The van der Waals surface area contributed by atoms with Gasteiger partial charge in [0.1, 0.15) is 12.4 Å². The first-order chi connectivity index (χ1) is 10.9. The summed E-state index contributed by atoms with van der Waals surface area (Å²) >= 11 is 12.1. The SMILES string of the molecule is Cc1ccc(NC(=O)C[NH+](C)Cc2cccc(Cl)c2Cl)c(F)c1. The summed E-state index contributed by atoms with van der Waals surface area (Å²) in [6, 6.07) is 10.1. The van der Waals surface area contributed by atoms with E-state index in [1.54, 1.807) is 25.1 Å². The number of amides is 1. The number of rotatable bonds is 5. The summed E-state index contributed by atoms with van der Waals surface area (Å²) in [7, 11) is 1.86. The van der Waals surface area contributed by atoms with E-state index in [0.717, 1.165) is 16.0 Å². The van der Waals surface area contributed by atoms with Gasteiger partial charge in [0.25, 0.3) is 5.91 Å². The second-order valence-electron chi connectivity index (χ2n) is 5.56. The van der Waals surface area contributed by atoms with Crippen molar-refractivity contribution in [3.63, 3.8) is 0 Å². The zero-order valence-corrected chi connectivity index (χ0v) is 14.4. The molecule has 2 aromatic rings. The first-order valence-electron chi connectivity index (χ1n) is 7.17. The Hall–Kier alpha value is -1.62. The third-order valence-electron chi connectivity index (χ3n) is 3.38.